The molecular formula is C21H27N2OS+. The number of hydrogen-bond donors (Lipinski definition) is 1. The highest BCUT2D eigenvalue weighted by Crippen LogP contribution is 2.13. The molecule has 0 saturated heterocycles. The number of nitrogens with one attached hydrogen (secondary N) is 1. The van der Waals surface area contributed by atoms with E-state index in [0.717, 1.165) is 19.3 Å². The van der Waals surface area contributed by atoms with Gasteiger partial charge in [-0.1, -0.05) is 56.8 Å². The Morgan fingerprint density at radius 3 is 2.20 bits per heavy atom. The van der Waals surface area contributed by atoms with Crippen LogP contribution in [-0.2, 0) is 12.8 Å². The maximum Gasteiger partial charge on any atom is 0.270 e. The first-order chi connectivity index (χ1) is 12.1. The molecule has 0 aliphatic carbocycles. The van der Waals surface area contributed by atoms with Crippen molar-refractivity contribution in [2.24, 2.45) is 0 Å². The first kappa shape index (κ1) is 19.3. The summed E-state index contributed by atoms with van der Waals surface area (Å²) < 4.78 is 1.90. The number of thiocarbonyl (C=S) groups is 1. The second-order valence-electron chi connectivity index (χ2n) is 6.12. The monoisotopic (exact) mass is 355 g/mol. The number of hydrogen-bond acceptors (Lipinski definition) is 2. The fourth-order valence-electron chi connectivity index (χ4n) is 2.82. The van der Waals surface area contributed by atoms with Crippen molar-refractivity contribution in [3.8, 4) is 0 Å². The quantitative estimate of drug-likeness (QED) is 0.443. The summed E-state index contributed by atoms with van der Waals surface area (Å²) in [6.45, 7) is 6.95. The maximum absolute atomic E-state index is 13.1. The van der Waals surface area contributed by atoms with Crippen molar-refractivity contribution in [2.75, 3.05) is 6.54 Å². The van der Waals surface area contributed by atoms with E-state index in [0.29, 0.717) is 17.1 Å². The molecule has 0 bridgehead atoms. The van der Waals surface area contributed by atoms with Gasteiger partial charge in [-0.3, -0.25) is 4.79 Å². The molecule has 2 aromatic rings. The van der Waals surface area contributed by atoms with Crippen molar-refractivity contribution in [2.45, 2.75) is 46.1 Å². The third-order valence-corrected chi connectivity index (χ3v) is 4.62. The van der Waals surface area contributed by atoms with Crippen LogP contribution in [0.4, 0.5) is 0 Å². The third-order valence-electron chi connectivity index (χ3n) is 4.25. The molecule has 0 radical (unpaired) electrons. The Kier molecular flexibility index (Phi) is 7.26. The summed E-state index contributed by atoms with van der Waals surface area (Å²) in [5.74, 6) is 0.0156. The molecule has 0 spiro atoms. The Morgan fingerprint density at radius 1 is 1.04 bits per heavy atom. The largest absolute Gasteiger partial charge is 0.374 e. The number of aromatic nitrogens is 1. The molecule has 4 heteroatoms. The van der Waals surface area contributed by atoms with Crippen LogP contribution in [-0.4, -0.2) is 17.3 Å². The molecule has 0 aliphatic rings. The number of nitrogens with zero attached hydrogens (tertiary/aromatic N) is 1. The molecule has 0 saturated carbocycles. The van der Waals surface area contributed by atoms with Crippen LogP contribution in [0, 0.1) is 0 Å². The number of benzene rings is 1. The summed E-state index contributed by atoms with van der Waals surface area (Å²) in [5.41, 5.74) is 3.18. The van der Waals surface area contributed by atoms with Gasteiger partial charge in [0.05, 0.1) is 0 Å². The van der Waals surface area contributed by atoms with Gasteiger partial charge in [0.25, 0.3) is 6.04 Å². The first-order valence-corrected chi connectivity index (χ1v) is 9.42. The van der Waals surface area contributed by atoms with Gasteiger partial charge >= 0.3 is 0 Å². The van der Waals surface area contributed by atoms with Crippen LogP contribution in [0.1, 0.15) is 54.7 Å². The summed E-state index contributed by atoms with van der Waals surface area (Å²) >= 11 is 5.51. The van der Waals surface area contributed by atoms with Crippen LogP contribution >= 0.6 is 12.2 Å². The molecule has 1 N–H and O–H groups in total. The molecule has 2 rings (SSSR count). The van der Waals surface area contributed by atoms with Gasteiger partial charge in [0.15, 0.2) is 17.4 Å². The Bertz CT molecular complexity index is 708. The van der Waals surface area contributed by atoms with Gasteiger partial charge in [0.1, 0.15) is 0 Å². The van der Waals surface area contributed by atoms with Gasteiger partial charge in [0.2, 0.25) is 5.78 Å². The summed E-state index contributed by atoms with van der Waals surface area (Å²) in [7, 11) is 0. The number of pyridine rings is 1. The van der Waals surface area contributed by atoms with E-state index in [1.807, 2.05) is 48.1 Å². The topological polar surface area (TPSA) is 33.0 Å². The number of rotatable bonds is 8. The van der Waals surface area contributed by atoms with Crippen molar-refractivity contribution in [3.05, 3.63) is 65.5 Å². The summed E-state index contributed by atoms with van der Waals surface area (Å²) in [5, 5.41) is 3.15. The predicted octanol–water partition coefficient (Wildman–Crippen LogP) is 3.85. The fraction of sp³-hybridized carbons (Fsp3) is 0.381. The lowest BCUT2D eigenvalue weighted by Crippen LogP contribution is -2.51. The lowest BCUT2D eigenvalue weighted by atomic mass is 10.0. The van der Waals surface area contributed by atoms with Crippen molar-refractivity contribution in [1.29, 1.82) is 0 Å². The summed E-state index contributed by atoms with van der Waals surface area (Å²) in [4.78, 5) is 13.7. The average molecular weight is 356 g/mol. The smallest absolute Gasteiger partial charge is 0.270 e. The van der Waals surface area contributed by atoms with Gasteiger partial charge < -0.3 is 5.32 Å². The highest BCUT2D eigenvalue weighted by Gasteiger charge is 2.32. The number of carbonyl (C=O) groups excluding carboxylic acids is 1. The number of Topliss-reactive ketones (excluding diaryl/α,β-unsaturated/α-hetero) is 1. The number of likely N-dealkylation sites (N-methyl/N-ethyl adjacent to an activating group) is 1. The Labute approximate surface area is 156 Å². The van der Waals surface area contributed by atoms with Crippen LogP contribution in [0.15, 0.2) is 48.8 Å². The predicted molar refractivity (Wildman–Crippen MR) is 106 cm³/mol. The maximum atomic E-state index is 13.1. The standard InChI is InChI=1S/C21H26N2OS/c1-4-7-17-12-14-23(15-13-17)19(21(25)22-6-3)20(24)18-10-8-16(5-2)9-11-18/h8-15,19H,4-7H2,1-3H3/p+1/t19-/m0/s1. The fourth-order valence-corrected chi connectivity index (χ4v) is 3.19. The van der Waals surface area contributed by atoms with Gasteiger partial charge in [-0.15, -0.1) is 0 Å². The summed E-state index contributed by atoms with van der Waals surface area (Å²) in [6.07, 6.45) is 7.01. The van der Waals surface area contributed by atoms with Crippen molar-refractivity contribution in [3.63, 3.8) is 0 Å². The Balaban J connectivity index is 2.33. The molecule has 1 heterocycles. The molecule has 1 atom stereocenters. The minimum absolute atomic E-state index is 0.0156. The molecule has 0 fully saturated rings. The third kappa shape index (κ3) is 4.95. The Hall–Kier alpha value is -2.07. The van der Waals surface area contributed by atoms with Crippen LogP contribution in [0.5, 0.6) is 0 Å². The van der Waals surface area contributed by atoms with E-state index < -0.39 is 6.04 Å². The van der Waals surface area contributed by atoms with Gasteiger partial charge in [-0.05, 0) is 30.9 Å². The normalized spacial score (nSPS) is 11.8. The highest BCUT2D eigenvalue weighted by atomic mass is 32.1. The van der Waals surface area contributed by atoms with Gasteiger partial charge in [-0.2, -0.15) is 4.57 Å². The molecule has 0 unspecified atom stereocenters. The van der Waals surface area contributed by atoms with E-state index in [4.69, 9.17) is 12.2 Å². The van der Waals surface area contributed by atoms with Crippen molar-refractivity contribution >= 4 is 23.0 Å². The van der Waals surface area contributed by atoms with Gasteiger partial charge in [0, 0.05) is 24.2 Å². The van der Waals surface area contributed by atoms with E-state index in [1.54, 1.807) is 0 Å². The van der Waals surface area contributed by atoms with Crippen molar-refractivity contribution in [1.82, 2.24) is 5.32 Å². The second kappa shape index (κ2) is 9.42. The van der Waals surface area contributed by atoms with E-state index in [-0.39, 0.29) is 5.78 Å². The zero-order chi connectivity index (χ0) is 18.2. The number of aryl methyl sites for hydroxylation is 2. The average Bonchev–Trinajstić information content (AvgIpc) is 2.64. The highest BCUT2D eigenvalue weighted by molar-refractivity contribution is 7.80. The molecule has 0 aliphatic heterocycles. The molecule has 1 aromatic heterocycles. The lowest BCUT2D eigenvalue weighted by Gasteiger charge is -2.14. The molecule has 25 heavy (non-hydrogen) atoms. The number of carbonyl (C=O) groups is 1. The molecule has 0 amide bonds. The summed E-state index contributed by atoms with van der Waals surface area (Å²) in [6, 6.07) is 11.4. The SMILES string of the molecule is CCCc1cc[n+]([C@@H](C(=O)c2ccc(CC)cc2)C(=S)NCC)cc1. The van der Waals surface area contributed by atoms with E-state index in [1.165, 1.54) is 11.1 Å². The molecule has 3 nitrogen and oxygen atoms in total. The zero-order valence-electron chi connectivity index (χ0n) is 15.3. The number of ketones is 1. The minimum Gasteiger partial charge on any atom is -0.374 e. The van der Waals surface area contributed by atoms with E-state index in [2.05, 4.69) is 31.3 Å². The molecular weight excluding hydrogens is 328 g/mol. The van der Waals surface area contributed by atoms with E-state index >= 15 is 0 Å². The Morgan fingerprint density at radius 2 is 1.68 bits per heavy atom. The van der Waals surface area contributed by atoms with Crippen molar-refractivity contribution < 1.29 is 9.36 Å². The zero-order valence-corrected chi connectivity index (χ0v) is 16.1. The van der Waals surface area contributed by atoms with E-state index in [9.17, 15) is 4.79 Å². The van der Waals surface area contributed by atoms with Crippen LogP contribution in [0.25, 0.3) is 0 Å². The van der Waals surface area contributed by atoms with Gasteiger partial charge in [-0.25, -0.2) is 0 Å². The lowest BCUT2D eigenvalue weighted by molar-refractivity contribution is -0.692. The van der Waals surface area contributed by atoms with Crippen LogP contribution in [0.3, 0.4) is 0 Å². The minimum atomic E-state index is -0.516. The molecule has 1 aromatic carbocycles. The first-order valence-electron chi connectivity index (χ1n) is 9.01. The van der Waals surface area contributed by atoms with Crippen LogP contribution < -0.4 is 9.88 Å². The second-order valence-corrected chi connectivity index (χ2v) is 6.56. The molecule has 132 valence electrons. The van der Waals surface area contributed by atoms with Crippen LogP contribution in [0.2, 0.25) is 0 Å².